The quantitative estimate of drug-likeness (QED) is 0.0228. The lowest BCUT2D eigenvalue weighted by Gasteiger charge is -2.40. The van der Waals surface area contributed by atoms with Crippen LogP contribution in [0.4, 0.5) is 0 Å². The number of carbonyl (C=O) groups is 4. The van der Waals surface area contributed by atoms with Crippen molar-refractivity contribution in [2.75, 3.05) is 13.2 Å². The van der Waals surface area contributed by atoms with E-state index in [1.165, 1.54) is 51.4 Å². The molecule has 6 unspecified atom stereocenters. The van der Waals surface area contributed by atoms with Gasteiger partial charge in [0.1, 0.15) is 18.8 Å². The van der Waals surface area contributed by atoms with Gasteiger partial charge in [0, 0.05) is 19.3 Å². The second kappa shape index (κ2) is 55.6. The molecule has 0 aliphatic carbocycles. The molecule has 1 aliphatic rings. The summed E-state index contributed by atoms with van der Waals surface area (Å²) in [6.07, 6.45) is 64.6. The molecular formula is C69H110O12. The Morgan fingerprint density at radius 3 is 1.23 bits per heavy atom. The van der Waals surface area contributed by atoms with Crippen LogP contribution in [0.5, 0.6) is 0 Å². The van der Waals surface area contributed by atoms with Gasteiger partial charge in [-0.2, -0.15) is 0 Å². The number of carboxylic acids is 1. The Morgan fingerprint density at radius 2 is 0.802 bits per heavy atom. The number of esters is 3. The number of hydrogen-bond donors (Lipinski definition) is 3. The Morgan fingerprint density at radius 1 is 0.420 bits per heavy atom. The van der Waals surface area contributed by atoms with Crippen LogP contribution >= 0.6 is 0 Å². The second-order valence-electron chi connectivity index (χ2n) is 20.9. The minimum absolute atomic E-state index is 0.0320. The van der Waals surface area contributed by atoms with E-state index in [1.54, 1.807) is 0 Å². The number of ether oxygens (including phenoxy) is 5. The summed E-state index contributed by atoms with van der Waals surface area (Å²) in [5, 5.41) is 31.6. The predicted octanol–water partition coefficient (Wildman–Crippen LogP) is 16.8. The molecule has 0 aromatic rings. The zero-order valence-electron chi connectivity index (χ0n) is 50.5. The van der Waals surface area contributed by atoms with Gasteiger partial charge < -0.3 is 39.0 Å². The van der Waals surface area contributed by atoms with Crippen LogP contribution in [0.25, 0.3) is 0 Å². The van der Waals surface area contributed by atoms with Crippen LogP contribution in [0, 0.1) is 0 Å². The molecule has 0 saturated carbocycles. The highest BCUT2D eigenvalue weighted by molar-refractivity contribution is 5.74. The minimum Gasteiger partial charge on any atom is -0.479 e. The van der Waals surface area contributed by atoms with Gasteiger partial charge in [-0.15, -0.1) is 0 Å². The van der Waals surface area contributed by atoms with Crippen molar-refractivity contribution in [2.45, 2.75) is 276 Å². The van der Waals surface area contributed by atoms with Gasteiger partial charge in [0.25, 0.3) is 0 Å². The molecule has 458 valence electrons. The average Bonchev–Trinajstić information content (AvgIpc) is 3.45. The van der Waals surface area contributed by atoms with E-state index < -0.39 is 67.3 Å². The van der Waals surface area contributed by atoms with Gasteiger partial charge in [0.2, 0.25) is 0 Å². The van der Waals surface area contributed by atoms with E-state index in [1.807, 2.05) is 12.2 Å². The van der Waals surface area contributed by atoms with Gasteiger partial charge in [0.15, 0.2) is 24.6 Å². The monoisotopic (exact) mass is 1130 g/mol. The molecule has 81 heavy (non-hydrogen) atoms. The van der Waals surface area contributed by atoms with E-state index in [-0.39, 0.29) is 25.9 Å². The smallest absolute Gasteiger partial charge is 0.335 e. The third kappa shape index (κ3) is 45.3. The molecule has 1 saturated heterocycles. The fraction of sp³-hybridized carbons (Fsp3) is 0.652. The topological polar surface area (TPSA) is 175 Å². The highest BCUT2D eigenvalue weighted by Crippen LogP contribution is 2.26. The van der Waals surface area contributed by atoms with Crippen molar-refractivity contribution in [3.63, 3.8) is 0 Å². The fourth-order valence-electron chi connectivity index (χ4n) is 8.76. The average molecular weight is 1130 g/mol. The Balaban J connectivity index is 2.69. The zero-order chi connectivity index (χ0) is 58.9. The van der Waals surface area contributed by atoms with Gasteiger partial charge in [-0.25, -0.2) is 4.79 Å². The highest BCUT2D eigenvalue weighted by Gasteiger charge is 2.50. The van der Waals surface area contributed by atoms with Gasteiger partial charge in [0.05, 0.1) is 6.61 Å². The molecule has 6 atom stereocenters. The fourth-order valence-corrected chi connectivity index (χ4v) is 8.76. The number of unbranched alkanes of at least 4 members (excludes halogenated alkanes) is 18. The summed E-state index contributed by atoms with van der Waals surface area (Å²) in [7, 11) is 0. The molecule has 1 heterocycles. The van der Waals surface area contributed by atoms with Gasteiger partial charge in [-0.1, -0.05) is 226 Å². The van der Waals surface area contributed by atoms with Crippen LogP contribution in [0.15, 0.2) is 122 Å². The largest absolute Gasteiger partial charge is 0.479 e. The third-order valence-corrected chi connectivity index (χ3v) is 13.5. The number of rotatable bonds is 52. The summed E-state index contributed by atoms with van der Waals surface area (Å²) < 4.78 is 28.4. The first-order valence-electron chi connectivity index (χ1n) is 31.5. The van der Waals surface area contributed by atoms with Crippen LogP contribution in [0.2, 0.25) is 0 Å². The summed E-state index contributed by atoms with van der Waals surface area (Å²) >= 11 is 0. The standard InChI is InChI=1S/C69H110O12/c1-4-7-10-13-16-19-22-25-27-29-31-33-35-38-40-43-46-49-52-55-61(70)77-58-60(79-62(71)56-53-50-47-44-41-37-24-21-18-15-12-9-6-3)59-78-69-67(65(74)64(73)66(81-69)68(75)76)80-63(72)57-54-51-48-45-42-39-36-34-32-30-28-26-23-20-17-14-11-8-5-2/h7,9-10,12,16-21,25-28,31,33,37,41,47,50,60,64-67,69,73-74H,4-6,8,11,13-15,22-24,29-30,32,34-36,38-40,42-46,48-49,51-59H2,1-3H3,(H,75,76)/b10-7-,12-9-,19-16-,20-17-,21-18-,27-25-,28-26-,33-31-,41-37-,50-47-. The molecule has 12 heteroatoms. The molecular weight excluding hydrogens is 1020 g/mol. The number of aliphatic hydroxyl groups excluding tert-OH is 2. The Kier molecular flexibility index (Phi) is 50.9. The van der Waals surface area contributed by atoms with Crippen molar-refractivity contribution in [1.29, 1.82) is 0 Å². The summed E-state index contributed by atoms with van der Waals surface area (Å²) in [5.74, 6) is -3.26. The van der Waals surface area contributed by atoms with E-state index in [0.29, 0.717) is 25.7 Å². The van der Waals surface area contributed by atoms with Crippen molar-refractivity contribution in [1.82, 2.24) is 0 Å². The molecule has 1 aliphatic heterocycles. The molecule has 0 spiro atoms. The van der Waals surface area contributed by atoms with E-state index in [9.17, 15) is 34.5 Å². The van der Waals surface area contributed by atoms with Gasteiger partial charge >= 0.3 is 23.9 Å². The normalized spacial score (nSPS) is 18.6. The van der Waals surface area contributed by atoms with Gasteiger partial charge in [-0.3, -0.25) is 14.4 Å². The molecule has 12 nitrogen and oxygen atoms in total. The predicted molar refractivity (Wildman–Crippen MR) is 330 cm³/mol. The zero-order valence-corrected chi connectivity index (χ0v) is 50.5. The van der Waals surface area contributed by atoms with Crippen molar-refractivity contribution < 1.29 is 58.2 Å². The lowest BCUT2D eigenvalue weighted by Crippen LogP contribution is -2.61. The van der Waals surface area contributed by atoms with Crippen molar-refractivity contribution in [3.8, 4) is 0 Å². The molecule has 0 aromatic carbocycles. The van der Waals surface area contributed by atoms with E-state index in [2.05, 4.69) is 130 Å². The first kappa shape index (κ1) is 74.1. The van der Waals surface area contributed by atoms with Crippen molar-refractivity contribution >= 4 is 23.9 Å². The maximum Gasteiger partial charge on any atom is 0.335 e. The molecule has 0 bridgehead atoms. The SMILES string of the molecule is CC/C=C\C/C=C\C/C=C\C/C=C\CCCCCCCCC(=O)OCC(COC1OC(C(=O)O)C(O)C(O)C1OC(=O)CCCCCCCCCCC/C=C\C/C=C\CCCCC)OC(=O)CC/C=C\C/C=C\C/C=C\C/C=C\CC. The number of allylic oxidation sites excluding steroid dienone is 20. The minimum atomic E-state index is -1.92. The maximum absolute atomic E-state index is 13.1. The Labute approximate surface area is 490 Å². The van der Waals surface area contributed by atoms with Crippen molar-refractivity contribution in [2.24, 2.45) is 0 Å². The summed E-state index contributed by atoms with van der Waals surface area (Å²) in [5.41, 5.74) is 0. The van der Waals surface area contributed by atoms with Crippen LogP contribution in [0.1, 0.15) is 239 Å². The number of aliphatic hydroxyl groups is 2. The maximum atomic E-state index is 13.1. The van der Waals surface area contributed by atoms with Crippen molar-refractivity contribution in [3.05, 3.63) is 122 Å². The first-order chi connectivity index (χ1) is 39.6. The number of aliphatic carboxylic acids is 1. The van der Waals surface area contributed by atoms with Crippen LogP contribution in [0.3, 0.4) is 0 Å². The third-order valence-electron chi connectivity index (χ3n) is 13.5. The molecule has 0 radical (unpaired) electrons. The second-order valence-corrected chi connectivity index (χ2v) is 20.9. The molecule has 3 N–H and O–H groups in total. The van der Waals surface area contributed by atoms with E-state index in [4.69, 9.17) is 23.7 Å². The van der Waals surface area contributed by atoms with E-state index >= 15 is 0 Å². The van der Waals surface area contributed by atoms with Crippen LogP contribution < -0.4 is 0 Å². The highest BCUT2D eigenvalue weighted by atomic mass is 16.7. The number of carbonyl (C=O) groups excluding carboxylic acids is 3. The Hall–Kier alpha value is -4.88. The molecule has 1 fully saturated rings. The summed E-state index contributed by atoms with van der Waals surface area (Å²) in [6.45, 7) is 5.67. The van der Waals surface area contributed by atoms with Crippen LogP contribution in [-0.2, 0) is 42.9 Å². The lowest BCUT2D eigenvalue weighted by atomic mass is 9.98. The van der Waals surface area contributed by atoms with E-state index in [0.717, 1.165) is 122 Å². The lowest BCUT2D eigenvalue weighted by molar-refractivity contribution is -0.301. The van der Waals surface area contributed by atoms with Gasteiger partial charge in [-0.05, 0) is 116 Å². The summed E-state index contributed by atoms with van der Waals surface area (Å²) in [4.78, 5) is 51.2. The summed E-state index contributed by atoms with van der Waals surface area (Å²) in [6, 6.07) is 0. The number of hydrogen-bond acceptors (Lipinski definition) is 11. The molecule has 0 aromatic heterocycles. The first-order valence-corrected chi connectivity index (χ1v) is 31.5. The Bertz CT molecular complexity index is 1870. The van der Waals surface area contributed by atoms with Crippen LogP contribution in [-0.4, -0.2) is 89.2 Å². The molecule has 0 amide bonds. The number of carboxylic acid groups (broad SMARTS) is 1. The molecule has 1 rings (SSSR count).